The number of methoxy groups -OCH3 is 1. The first-order valence-corrected chi connectivity index (χ1v) is 9.60. The smallest absolute Gasteiger partial charge is 0.257 e. The van der Waals surface area contributed by atoms with Crippen molar-refractivity contribution < 1.29 is 14.3 Å². The van der Waals surface area contributed by atoms with Crippen molar-refractivity contribution in [2.45, 2.75) is 6.92 Å². The van der Waals surface area contributed by atoms with Crippen LogP contribution in [0, 0.1) is 6.92 Å². The van der Waals surface area contributed by atoms with E-state index in [9.17, 15) is 9.59 Å². The van der Waals surface area contributed by atoms with Crippen LogP contribution in [-0.2, 0) is 0 Å². The van der Waals surface area contributed by atoms with Crippen molar-refractivity contribution in [2.75, 3.05) is 17.7 Å². The third kappa shape index (κ3) is 5.42. The van der Waals surface area contributed by atoms with E-state index < -0.39 is 0 Å². The lowest BCUT2D eigenvalue weighted by Crippen LogP contribution is -2.34. The fraction of sp³-hybridized carbons (Fsp3) is 0.0870. The lowest BCUT2D eigenvalue weighted by atomic mass is 10.1. The predicted molar refractivity (Wildman–Crippen MR) is 122 cm³/mol. The van der Waals surface area contributed by atoms with Gasteiger partial charge in [0.1, 0.15) is 5.75 Å². The third-order valence-corrected chi connectivity index (χ3v) is 4.54. The predicted octanol–water partition coefficient (Wildman–Crippen LogP) is 4.38. The zero-order chi connectivity index (χ0) is 21.5. The maximum Gasteiger partial charge on any atom is 0.257 e. The van der Waals surface area contributed by atoms with Crippen LogP contribution >= 0.6 is 12.2 Å². The quantitative estimate of drug-likeness (QED) is 0.535. The van der Waals surface area contributed by atoms with Crippen LogP contribution in [-0.4, -0.2) is 24.0 Å². The maximum atomic E-state index is 12.4. The van der Waals surface area contributed by atoms with Crippen molar-refractivity contribution in [3.8, 4) is 5.75 Å². The number of amides is 2. The molecule has 3 N–H and O–H groups in total. The summed E-state index contributed by atoms with van der Waals surface area (Å²) in [5.41, 5.74) is 3.18. The van der Waals surface area contributed by atoms with E-state index in [0.717, 1.165) is 5.56 Å². The number of benzene rings is 3. The average Bonchev–Trinajstić information content (AvgIpc) is 2.76. The largest absolute Gasteiger partial charge is 0.497 e. The molecule has 2 amide bonds. The van der Waals surface area contributed by atoms with Crippen LogP contribution in [0.4, 0.5) is 11.4 Å². The molecule has 30 heavy (non-hydrogen) atoms. The van der Waals surface area contributed by atoms with Crippen molar-refractivity contribution in [3.05, 3.63) is 89.5 Å². The van der Waals surface area contributed by atoms with Crippen molar-refractivity contribution in [2.24, 2.45) is 0 Å². The van der Waals surface area contributed by atoms with E-state index in [2.05, 4.69) is 16.0 Å². The molecule has 0 spiro atoms. The molecule has 0 heterocycles. The number of thiocarbonyl (C=S) groups is 1. The number of hydrogen-bond acceptors (Lipinski definition) is 4. The molecule has 0 saturated heterocycles. The fourth-order valence-electron chi connectivity index (χ4n) is 2.72. The second kappa shape index (κ2) is 9.67. The minimum atomic E-state index is -0.351. The van der Waals surface area contributed by atoms with Crippen LogP contribution < -0.4 is 20.7 Å². The highest BCUT2D eigenvalue weighted by Gasteiger charge is 2.11. The molecule has 3 aromatic rings. The van der Waals surface area contributed by atoms with E-state index in [1.54, 1.807) is 42.5 Å². The van der Waals surface area contributed by atoms with E-state index in [-0.39, 0.29) is 16.9 Å². The van der Waals surface area contributed by atoms with Gasteiger partial charge in [0, 0.05) is 22.5 Å². The number of carbonyl (C=O) groups is 2. The fourth-order valence-corrected chi connectivity index (χ4v) is 2.93. The highest BCUT2D eigenvalue weighted by molar-refractivity contribution is 7.80. The Kier molecular flexibility index (Phi) is 6.77. The first-order chi connectivity index (χ1) is 14.5. The summed E-state index contributed by atoms with van der Waals surface area (Å²) in [7, 11) is 1.54. The maximum absolute atomic E-state index is 12.4. The van der Waals surface area contributed by atoms with Gasteiger partial charge in [0.05, 0.1) is 7.11 Å². The molecule has 0 aliphatic rings. The van der Waals surface area contributed by atoms with Gasteiger partial charge in [-0.3, -0.25) is 14.9 Å². The first kappa shape index (κ1) is 21.0. The Morgan fingerprint density at radius 1 is 0.833 bits per heavy atom. The van der Waals surface area contributed by atoms with Gasteiger partial charge in [0.2, 0.25) is 0 Å². The van der Waals surface area contributed by atoms with E-state index in [1.165, 1.54) is 7.11 Å². The molecule has 0 unspecified atom stereocenters. The third-order valence-electron chi connectivity index (χ3n) is 4.34. The number of aryl methyl sites for hydroxylation is 1. The van der Waals surface area contributed by atoms with Crippen molar-refractivity contribution in [1.29, 1.82) is 0 Å². The topological polar surface area (TPSA) is 79.5 Å². The van der Waals surface area contributed by atoms with Crippen LogP contribution in [0.1, 0.15) is 26.3 Å². The zero-order valence-corrected chi connectivity index (χ0v) is 17.4. The Hall–Kier alpha value is -3.71. The Morgan fingerprint density at radius 2 is 1.57 bits per heavy atom. The molecule has 3 aromatic carbocycles. The number of carbonyl (C=O) groups excluding carboxylic acids is 2. The zero-order valence-electron chi connectivity index (χ0n) is 16.6. The molecule has 152 valence electrons. The normalized spacial score (nSPS) is 10.1. The van der Waals surface area contributed by atoms with Gasteiger partial charge in [-0.1, -0.05) is 30.3 Å². The molecule has 0 aliphatic heterocycles. The van der Waals surface area contributed by atoms with E-state index >= 15 is 0 Å². The molecule has 0 radical (unpaired) electrons. The molecule has 0 aromatic heterocycles. The van der Waals surface area contributed by atoms with E-state index in [1.807, 2.05) is 37.3 Å². The minimum absolute atomic E-state index is 0.145. The number of ether oxygens (including phenoxy) is 1. The van der Waals surface area contributed by atoms with Gasteiger partial charge >= 0.3 is 0 Å². The number of nitrogens with one attached hydrogen (secondary N) is 3. The van der Waals surface area contributed by atoms with Gasteiger partial charge in [-0.15, -0.1) is 0 Å². The van der Waals surface area contributed by atoms with Crippen molar-refractivity contribution >= 4 is 40.5 Å². The monoisotopic (exact) mass is 419 g/mol. The van der Waals surface area contributed by atoms with Gasteiger partial charge in [-0.05, 0) is 67.2 Å². The second-order valence-electron chi connectivity index (χ2n) is 6.49. The van der Waals surface area contributed by atoms with Crippen molar-refractivity contribution in [1.82, 2.24) is 5.32 Å². The van der Waals surface area contributed by atoms with Crippen molar-refractivity contribution in [3.63, 3.8) is 0 Å². The Bertz CT molecular complexity index is 1080. The molecule has 7 heteroatoms. The Labute approximate surface area is 180 Å². The van der Waals surface area contributed by atoms with Gasteiger partial charge in [-0.25, -0.2) is 0 Å². The summed E-state index contributed by atoms with van der Waals surface area (Å²) in [6.07, 6.45) is 0. The van der Waals surface area contributed by atoms with Crippen LogP contribution in [0.2, 0.25) is 0 Å². The minimum Gasteiger partial charge on any atom is -0.497 e. The van der Waals surface area contributed by atoms with E-state index in [0.29, 0.717) is 28.3 Å². The first-order valence-electron chi connectivity index (χ1n) is 9.19. The molecule has 0 fully saturated rings. The molecule has 0 saturated carbocycles. The highest BCUT2D eigenvalue weighted by atomic mass is 32.1. The second-order valence-corrected chi connectivity index (χ2v) is 6.90. The summed E-state index contributed by atoms with van der Waals surface area (Å²) < 4.78 is 5.13. The van der Waals surface area contributed by atoms with Crippen LogP contribution in [0.5, 0.6) is 5.75 Å². The molecular formula is C23H21N3O3S. The summed E-state index contributed by atoms with van der Waals surface area (Å²) >= 11 is 5.25. The number of hydrogen-bond donors (Lipinski definition) is 3. The standard InChI is InChI=1S/C23H21N3O3S/c1-15-11-12-18(14-20(15)25-21(27)16-7-4-3-5-8-16)24-23(30)26-22(28)17-9-6-10-19(13-17)29-2/h3-14H,1-2H3,(H,25,27)(H2,24,26,28,30). The molecule has 3 rings (SSSR count). The Morgan fingerprint density at radius 3 is 2.30 bits per heavy atom. The summed E-state index contributed by atoms with van der Waals surface area (Å²) in [6.45, 7) is 1.90. The van der Waals surface area contributed by atoms with Gasteiger partial charge in [-0.2, -0.15) is 0 Å². The molecule has 0 bridgehead atoms. The van der Waals surface area contributed by atoms with Gasteiger partial charge in [0.15, 0.2) is 5.11 Å². The SMILES string of the molecule is COc1cccc(C(=O)NC(=S)Nc2ccc(C)c(NC(=O)c3ccccc3)c2)c1. The summed E-state index contributed by atoms with van der Waals surface area (Å²) in [6, 6.07) is 21.2. The van der Waals surface area contributed by atoms with Gasteiger partial charge < -0.3 is 15.4 Å². The summed E-state index contributed by atoms with van der Waals surface area (Å²) in [5.74, 6) is 0.0275. The number of anilines is 2. The average molecular weight is 420 g/mol. The molecule has 0 atom stereocenters. The van der Waals surface area contributed by atoms with Crippen LogP contribution in [0.25, 0.3) is 0 Å². The number of rotatable bonds is 5. The van der Waals surface area contributed by atoms with E-state index in [4.69, 9.17) is 17.0 Å². The van der Waals surface area contributed by atoms with Crippen LogP contribution in [0.15, 0.2) is 72.8 Å². The molecule has 6 nitrogen and oxygen atoms in total. The van der Waals surface area contributed by atoms with Gasteiger partial charge in [0.25, 0.3) is 11.8 Å². The highest BCUT2D eigenvalue weighted by Crippen LogP contribution is 2.21. The molecular weight excluding hydrogens is 398 g/mol. The lowest BCUT2D eigenvalue weighted by molar-refractivity contribution is 0.0976. The van der Waals surface area contributed by atoms with Crippen LogP contribution in [0.3, 0.4) is 0 Å². The lowest BCUT2D eigenvalue weighted by Gasteiger charge is -2.13. The summed E-state index contributed by atoms with van der Waals surface area (Å²) in [4.78, 5) is 24.8. The molecule has 0 aliphatic carbocycles. The Balaban J connectivity index is 1.66. The summed E-state index contributed by atoms with van der Waals surface area (Å²) in [5, 5.41) is 8.65.